The van der Waals surface area contributed by atoms with E-state index in [4.69, 9.17) is 10.00 Å². The molecule has 1 aromatic carbocycles. The molecule has 1 N–H and O–H groups in total. The molecular weight excluding hydrogens is 302 g/mol. The van der Waals surface area contributed by atoms with E-state index in [1.165, 1.54) is 12.8 Å². The molecule has 1 saturated heterocycles. The van der Waals surface area contributed by atoms with E-state index in [-0.39, 0.29) is 0 Å². The number of nitriles is 1. The first-order valence-corrected chi connectivity index (χ1v) is 8.25. The summed E-state index contributed by atoms with van der Waals surface area (Å²) in [6, 6.07) is 13.7. The Bertz CT molecular complexity index is 668. The number of anilines is 1. The van der Waals surface area contributed by atoms with Crippen LogP contribution >= 0.6 is 0 Å². The summed E-state index contributed by atoms with van der Waals surface area (Å²) in [7, 11) is 0. The van der Waals surface area contributed by atoms with Crippen molar-refractivity contribution in [1.82, 2.24) is 15.5 Å². The van der Waals surface area contributed by atoms with Crippen molar-refractivity contribution in [1.29, 1.82) is 5.26 Å². The van der Waals surface area contributed by atoms with Crippen LogP contribution in [0.5, 0.6) is 5.75 Å². The van der Waals surface area contributed by atoms with Crippen molar-refractivity contribution >= 4 is 5.82 Å². The molecule has 6 nitrogen and oxygen atoms in total. The number of rotatable bonds is 7. The van der Waals surface area contributed by atoms with E-state index in [9.17, 15) is 0 Å². The Morgan fingerprint density at radius 2 is 2.17 bits per heavy atom. The molecule has 24 heavy (non-hydrogen) atoms. The molecule has 0 aliphatic carbocycles. The molecule has 1 fully saturated rings. The van der Waals surface area contributed by atoms with Crippen LogP contribution in [-0.2, 0) is 0 Å². The number of aromatic nitrogens is 2. The molecule has 0 radical (unpaired) electrons. The summed E-state index contributed by atoms with van der Waals surface area (Å²) in [5.41, 5.74) is 0.644. The van der Waals surface area contributed by atoms with Gasteiger partial charge in [0.2, 0.25) is 0 Å². The van der Waals surface area contributed by atoms with Crippen LogP contribution < -0.4 is 15.0 Å². The minimum absolute atomic E-state index is 0.455. The van der Waals surface area contributed by atoms with Crippen molar-refractivity contribution in [3.8, 4) is 11.8 Å². The summed E-state index contributed by atoms with van der Waals surface area (Å²) in [6.07, 6.45) is 4.05. The second-order valence-corrected chi connectivity index (χ2v) is 5.76. The van der Waals surface area contributed by atoms with Gasteiger partial charge in [0, 0.05) is 31.9 Å². The van der Waals surface area contributed by atoms with Crippen LogP contribution in [0.25, 0.3) is 0 Å². The number of benzene rings is 1. The number of nitrogens with zero attached hydrogens (tertiary/aromatic N) is 4. The summed E-state index contributed by atoms with van der Waals surface area (Å²) in [6.45, 7) is 3.33. The second kappa shape index (κ2) is 8.27. The Morgan fingerprint density at radius 3 is 2.92 bits per heavy atom. The molecule has 2 heterocycles. The first kappa shape index (κ1) is 16.2. The molecular formula is C18H21N5O. The van der Waals surface area contributed by atoms with Gasteiger partial charge in [0.1, 0.15) is 12.4 Å². The summed E-state index contributed by atoms with van der Waals surface area (Å²) in [5, 5.41) is 20.4. The van der Waals surface area contributed by atoms with Gasteiger partial charge >= 0.3 is 0 Å². The zero-order valence-corrected chi connectivity index (χ0v) is 13.6. The molecule has 1 aromatic heterocycles. The van der Waals surface area contributed by atoms with Gasteiger partial charge in [-0.25, -0.2) is 0 Å². The molecule has 3 rings (SSSR count). The van der Waals surface area contributed by atoms with Gasteiger partial charge in [-0.15, -0.1) is 5.10 Å². The van der Waals surface area contributed by atoms with Gasteiger partial charge in [0.25, 0.3) is 0 Å². The van der Waals surface area contributed by atoms with Gasteiger partial charge < -0.3 is 15.0 Å². The average Bonchev–Trinajstić information content (AvgIpc) is 3.11. The Labute approximate surface area is 142 Å². The maximum Gasteiger partial charge on any atom is 0.151 e. The fourth-order valence-corrected chi connectivity index (χ4v) is 2.93. The number of hydrogen-bond donors (Lipinski definition) is 1. The van der Waals surface area contributed by atoms with E-state index in [1.54, 1.807) is 18.3 Å². The van der Waals surface area contributed by atoms with Crippen molar-refractivity contribution in [2.24, 2.45) is 0 Å². The monoisotopic (exact) mass is 323 g/mol. The van der Waals surface area contributed by atoms with E-state index in [2.05, 4.69) is 26.5 Å². The van der Waals surface area contributed by atoms with E-state index < -0.39 is 0 Å². The van der Waals surface area contributed by atoms with Crippen molar-refractivity contribution in [2.75, 3.05) is 31.1 Å². The van der Waals surface area contributed by atoms with Crippen LogP contribution in [0.1, 0.15) is 18.4 Å². The molecule has 6 heteroatoms. The highest BCUT2D eigenvalue weighted by molar-refractivity contribution is 5.39. The topological polar surface area (TPSA) is 74.1 Å². The van der Waals surface area contributed by atoms with Crippen LogP contribution in [0.15, 0.2) is 42.6 Å². The van der Waals surface area contributed by atoms with Crippen LogP contribution in [0, 0.1) is 11.3 Å². The summed E-state index contributed by atoms with van der Waals surface area (Å²) in [5.74, 6) is 1.74. The first-order chi connectivity index (χ1) is 11.9. The van der Waals surface area contributed by atoms with Crippen molar-refractivity contribution in [3.05, 3.63) is 48.2 Å². The van der Waals surface area contributed by atoms with Crippen LogP contribution in [0.3, 0.4) is 0 Å². The van der Waals surface area contributed by atoms with E-state index in [0.29, 0.717) is 18.2 Å². The average molecular weight is 323 g/mol. The predicted octanol–water partition coefficient (Wildman–Crippen LogP) is 1.99. The maximum atomic E-state index is 8.77. The van der Waals surface area contributed by atoms with Gasteiger partial charge in [-0.3, -0.25) is 0 Å². The fourth-order valence-electron chi connectivity index (χ4n) is 2.93. The van der Waals surface area contributed by atoms with Crippen LogP contribution in [0.2, 0.25) is 0 Å². The standard InChI is InChI=1S/C18H21N5O/c19-13-15-5-7-17(8-6-15)24-12-10-20-14-16-3-2-11-23(16)18-4-1-9-21-22-18/h1,4-9,16,20H,2-3,10-12,14H2/t16-/m0/s1. The lowest BCUT2D eigenvalue weighted by atomic mass is 10.2. The third-order valence-corrected chi connectivity index (χ3v) is 4.14. The van der Waals surface area contributed by atoms with Crippen molar-refractivity contribution < 1.29 is 4.74 Å². The summed E-state index contributed by atoms with van der Waals surface area (Å²) in [4.78, 5) is 2.32. The predicted molar refractivity (Wildman–Crippen MR) is 91.9 cm³/mol. The van der Waals surface area contributed by atoms with Gasteiger partial charge in [-0.2, -0.15) is 10.4 Å². The van der Waals surface area contributed by atoms with Crippen LogP contribution in [0.4, 0.5) is 5.82 Å². The Hall–Kier alpha value is -2.65. The molecule has 0 unspecified atom stereocenters. The van der Waals surface area contributed by atoms with Gasteiger partial charge in [-0.1, -0.05) is 0 Å². The van der Waals surface area contributed by atoms with Gasteiger partial charge in [0.05, 0.1) is 11.6 Å². The zero-order valence-electron chi connectivity index (χ0n) is 13.6. The number of nitrogens with one attached hydrogen (secondary N) is 1. The van der Waals surface area contributed by atoms with Gasteiger partial charge in [0.15, 0.2) is 5.82 Å². The number of hydrogen-bond acceptors (Lipinski definition) is 6. The molecule has 124 valence electrons. The largest absolute Gasteiger partial charge is 0.492 e. The SMILES string of the molecule is N#Cc1ccc(OCCNC[C@@H]2CCCN2c2cccnn2)cc1. The summed E-state index contributed by atoms with van der Waals surface area (Å²) < 4.78 is 5.67. The number of ether oxygens (including phenoxy) is 1. The van der Waals surface area contributed by atoms with Crippen molar-refractivity contribution in [2.45, 2.75) is 18.9 Å². The van der Waals surface area contributed by atoms with Gasteiger partial charge in [-0.05, 0) is 49.2 Å². The normalized spacial score (nSPS) is 16.8. The Balaban J connectivity index is 1.39. The molecule has 2 aromatic rings. The first-order valence-electron chi connectivity index (χ1n) is 8.25. The molecule has 0 bridgehead atoms. The van der Waals surface area contributed by atoms with E-state index in [1.807, 2.05) is 24.3 Å². The molecule has 0 saturated carbocycles. The summed E-state index contributed by atoms with van der Waals surface area (Å²) >= 11 is 0. The lowest BCUT2D eigenvalue weighted by Gasteiger charge is -2.25. The third kappa shape index (κ3) is 4.21. The highest BCUT2D eigenvalue weighted by Gasteiger charge is 2.25. The Morgan fingerprint density at radius 1 is 1.29 bits per heavy atom. The van der Waals surface area contributed by atoms with Crippen LogP contribution in [-0.4, -0.2) is 42.5 Å². The smallest absolute Gasteiger partial charge is 0.151 e. The van der Waals surface area contributed by atoms with E-state index in [0.717, 1.165) is 31.2 Å². The molecule has 0 amide bonds. The lowest BCUT2D eigenvalue weighted by molar-refractivity contribution is 0.312. The molecule has 1 atom stereocenters. The minimum Gasteiger partial charge on any atom is -0.492 e. The maximum absolute atomic E-state index is 8.77. The lowest BCUT2D eigenvalue weighted by Crippen LogP contribution is -2.39. The van der Waals surface area contributed by atoms with E-state index >= 15 is 0 Å². The highest BCUT2D eigenvalue weighted by Crippen LogP contribution is 2.22. The molecule has 1 aliphatic rings. The van der Waals surface area contributed by atoms with Crippen molar-refractivity contribution in [3.63, 3.8) is 0 Å². The third-order valence-electron chi connectivity index (χ3n) is 4.14. The fraction of sp³-hybridized carbons (Fsp3) is 0.389. The quantitative estimate of drug-likeness (QED) is 0.786. The Kier molecular flexibility index (Phi) is 5.59. The zero-order chi connectivity index (χ0) is 16.6. The highest BCUT2D eigenvalue weighted by atomic mass is 16.5. The molecule has 1 aliphatic heterocycles. The minimum atomic E-state index is 0.455. The molecule has 0 spiro atoms. The second-order valence-electron chi connectivity index (χ2n) is 5.76.